The molecule has 2 aromatic rings. The minimum atomic E-state index is 0.0860. The first-order chi connectivity index (χ1) is 8.56. The van der Waals surface area contributed by atoms with E-state index in [2.05, 4.69) is 22.6 Å². The van der Waals surface area contributed by atoms with Crippen LogP contribution in [0.3, 0.4) is 0 Å². The molecule has 0 aliphatic rings. The van der Waals surface area contributed by atoms with E-state index < -0.39 is 0 Å². The summed E-state index contributed by atoms with van der Waals surface area (Å²) in [7, 11) is 0. The summed E-state index contributed by atoms with van der Waals surface area (Å²) < 4.78 is 1.12. The van der Waals surface area contributed by atoms with E-state index >= 15 is 0 Å². The molecule has 2 rings (SSSR count). The molecule has 18 heavy (non-hydrogen) atoms. The molecule has 92 valence electrons. The van der Waals surface area contributed by atoms with Gasteiger partial charge in [-0.2, -0.15) is 0 Å². The molecule has 0 saturated heterocycles. The number of ketones is 1. The average molecular weight is 389 g/mol. The second kappa shape index (κ2) is 6.08. The predicted octanol–water partition coefficient (Wildman–Crippen LogP) is 5.30. The first-order valence-corrected chi connectivity index (χ1v) is 7.57. The summed E-state index contributed by atoms with van der Waals surface area (Å²) in [4.78, 5) is 13.6. The highest BCUT2D eigenvalue weighted by Crippen LogP contribution is 2.32. The molecule has 1 nitrogen and oxygen atoms in total. The molecule has 0 amide bonds. The molecule has 0 heterocycles. The summed E-state index contributed by atoms with van der Waals surface area (Å²) in [6.07, 6.45) is 0. The minimum absolute atomic E-state index is 0.0860. The highest BCUT2D eigenvalue weighted by atomic mass is 127. The molecular formula is C14H10ClIOS. The van der Waals surface area contributed by atoms with Crippen molar-refractivity contribution in [2.45, 2.75) is 16.7 Å². The molecule has 0 bridgehead atoms. The Balaban J connectivity index is 2.35. The standard InChI is InChI=1S/C14H10ClIOS/c1-9(17)13-7-4-11(16)8-14(13)18-12-5-2-10(15)3-6-12/h2-8H,1H3. The third-order valence-electron chi connectivity index (χ3n) is 2.36. The third kappa shape index (κ3) is 3.49. The normalized spacial score (nSPS) is 10.4. The summed E-state index contributed by atoms with van der Waals surface area (Å²) in [5, 5.41) is 0.716. The van der Waals surface area contributed by atoms with Crippen LogP contribution in [0.25, 0.3) is 0 Å². The van der Waals surface area contributed by atoms with Gasteiger partial charge in [0.25, 0.3) is 0 Å². The van der Waals surface area contributed by atoms with Crippen molar-refractivity contribution in [1.82, 2.24) is 0 Å². The van der Waals surface area contributed by atoms with Gasteiger partial charge in [0.15, 0.2) is 5.78 Å². The highest BCUT2D eigenvalue weighted by molar-refractivity contribution is 14.1. The van der Waals surface area contributed by atoms with E-state index in [9.17, 15) is 4.79 Å². The number of carbonyl (C=O) groups is 1. The smallest absolute Gasteiger partial charge is 0.160 e. The van der Waals surface area contributed by atoms with Gasteiger partial charge in [0, 0.05) is 23.9 Å². The zero-order chi connectivity index (χ0) is 13.1. The lowest BCUT2D eigenvalue weighted by molar-refractivity contribution is 0.101. The molecule has 0 atom stereocenters. The van der Waals surface area contributed by atoms with Crippen LogP contribution in [0.4, 0.5) is 0 Å². The van der Waals surface area contributed by atoms with Gasteiger partial charge in [0.05, 0.1) is 0 Å². The van der Waals surface area contributed by atoms with Crippen LogP contribution in [0.5, 0.6) is 0 Å². The molecule has 0 saturated carbocycles. The highest BCUT2D eigenvalue weighted by Gasteiger charge is 2.09. The van der Waals surface area contributed by atoms with Crippen molar-refractivity contribution < 1.29 is 4.79 Å². The lowest BCUT2D eigenvalue weighted by Crippen LogP contribution is -1.95. The van der Waals surface area contributed by atoms with Crippen LogP contribution in [0, 0.1) is 3.57 Å². The number of rotatable bonds is 3. The maximum atomic E-state index is 11.6. The maximum Gasteiger partial charge on any atom is 0.160 e. The third-order valence-corrected chi connectivity index (χ3v) is 4.35. The van der Waals surface area contributed by atoms with E-state index in [4.69, 9.17) is 11.6 Å². The summed E-state index contributed by atoms with van der Waals surface area (Å²) in [6, 6.07) is 13.5. The Morgan fingerprint density at radius 3 is 2.44 bits per heavy atom. The lowest BCUT2D eigenvalue weighted by Gasteiger charge is -2.07. The van der Waals surface area contributed by atoms with E-state index in [0.717, 1.165) is 18.9 Å². The van der Waals surface area contributed by atoms with Gasteiger partial charge in [-0.3, -0.25) is 4.79 Å². The fraction of sp³-hybridized carbons (Fsp3) is 0.0714. The Labute approximate surface area is 129 Å². The molecule has 0 N–H and O–H groups in total. The van der Waals surface area contributed by atoms with Crippen LogP contribution in [0.15, 0.2) is 52.3 Å². The first kappa shape index (κ1) is 13.9. The molecule has 0 spiro atoms. The van der Waals surface area contributed by atoms with Gasteiger partial charge in [-0.1, -0.05) is 23.4 Å². The molecule has 2 aromatic carbocycles. The summed E-state index contributed by atoms with van der Waals surface area (Å²) in [5.41, 5.74) is 0.760. The van der Waals surface area contributed by atoms with Gasteiger partial charge >= 0.3 is 0 Å². The Morgan fingerprint density at radius 1 is 1.17 bits per heavy atom. The van der Waals surface area contributed by atoms with Gasteiger partial charge in [0.1, 0.15) is 0 Å². The SMILES string of the molecule is CC(=O)c1ccc(I)cc1Sc1ccc(Cl)cc1. The van der Waals surface area contributed by atoms with Gasteiger partial charge in [-0.25, -0.2) is 0 Å². The molecule has 0 aliphatic carbocycles. The van der Waals surface area contributed by atoms with Crippen LogP contribution in [0.2, 0.25) is 5.02 Å². The quantitative estimate of drug-likeness (QED) is 0.524. The van der Waals surface area contributed by atoms with Crippen LogP contribution < -0.4 is 0 Å². The average Bonchev–Trinajstić information content (AvgIpc) is 2.32. The van der Waals surface area contributed by atoms with Crippen molar-refractivity contribution in [3.05, 3.63) is 56.6 Å². The van der Waals surface area contributed by atoms with Gasteiger partial charge < -0.3 is 0 Å². The number of Topliss-reactive ketones (excluding diaryl/α,β-unsaturated/α-hetero) is 1. The van der Waals surface area contributed by atoms with Gasteiger partial charge in [-0.15, -0.1) is 0 Å². The summed E-state index contributed by atoms with van der Waals surface area (Å²) >= 11 is 9.69. The maximum absolute atomic E-state index is 11.6. The number of hydrogen-bond donors (Lipinski definition) is 0. The molecule has 0 unspecified atom stereocenters. The number of halogens is 2. The van der Waals surface area contributed by atoms with E-state index in [1.165, 1.54) is 0 Å². The van der Waals surface area contributed by atoms with Gasteiger partial charge in [-0.05, 0) is 72.0 Å². The minimum Gasteiger partial charge on any atom is -0.294 e. The molecule has 0 radical (unpaired) electrons. The first-order valence-electron chi connectivity index (χ1n) is 5.30. The van der Waals surface area contributed by atoms with E-state index in [-0.39, 0.29) is 5.78 Å². The van der Waals surface area contributed by atoms with Crippen molar-refractivity contribution in [1.29, 1.82) is 0 Å². The number of benzene rings is 2. The van der Waals surface area contributed by atoms with Gasteiger partial charge in [0.2, 0.25) is 0 Å². The second-order valence-electron chi connectivity index (χ2n) is 3.75. The zero-order valence-electron chi connectivity index (χ0n) is 9.61. The van der Waals surface area contributed by atoms with Crippen molar-refractivity contribution in [3.8, 4) is 0 Å². The molecular weight excluding hydrogens is 379 g/mol. The Morgan fingerprint density at radius 2 is 1.83 bits per heavy atom. The zero-order valence-corrected chi connectivity index (χ0v) is 13.3. The van der Waals surface area contributed by atoms with Crippen molar-refractivity contribution >= 4 is 51.7 Å². The lowest BCUT2D eigenvalue weighted by atomic mass is 10.1. The monoisotopic (exact) mass is 388 g/mol. The number of carbonyl (C=O) groups excluding carboxylic acids is 1. The largest absolute Gasteiger partial charge is 0.294 e. The Bertz CT molecular complexity index is 581. The fourth-order valence-electron chi connectivity index (χ4n) is 1.50. The van der Waals surface area contributed by atoms with Crippen LogP contribution in [0.1, 0.15) is 17.3 Å². The van der Waals surface area contributed by atoms with E-state index in [1.807, 2.05) is 42.5 Å². The number of hydrogen-bond acceptors (Lipinski definition) is 2. The van der Waals surface area contributed by atoms with E-state index in [0.29, 0.717) is 5.02 Å². The van der Waals surface area contributed by atoms with Crippen molar-refractivity contribution in [3.63, 3.8) is 0 Å². The Kier molecular flexibility index (Phi) is 4.70. The molecule has 0 fully saturated rings. The van der Waals surface area contributed by atoms with Crippen molar-refractivity contribution in [2.24, 2.45) is 0 Å². The van der Waals surface area contributed by atoms with E-state index in [1.54, 1.807) is 18.7 Å². The second-order valence-corrected chi connectivity index (χ2v) is 6.55. The van der Waals surface area contributed by atoms with Crippen molar-refractivity contribution in [2.75, 3.05) is 0 Å². The molecule has 0 aliphatic heterocycles. The topological polar surface area (TPSA) is 17.1 Å². The molecule has 4 heteroatoms. The summed E-state index contributed by atoms with van der Waals surface area (Å²) in [6.45, 7) is 1.59. The van der Waals surface area contributed by atoms with Crippen LogP contribution in [-0.4, -0.2) is 5.78 Å². The van der Waals surface area contributed by atoms with Crippen LogP contribution >= 0.6 is 46.0 Å². The van der Waals surface area contributed by atoms with Crippen LogP contribution in [-0.2, 0) is 0 Å². The Hall–Kier alpha value is -0.520. The summed E-state index contributed by atoms with van der Waals surface area (Å²) in [5.74, 6) is 0.0860. The molecule has 0 aromatic heterocycles. The fourth-order valence-corrected chi connectivity index (χ4v) is 3.36. The predicted molar refractivity (Wildman–Crippen MR) is 84.7 cm³/mol.